The summed E-state index contributed by atoms with van der Waals surface area (Å²) in [6, 6.07) is 15.5. The predicted molar refractivity (Wildman–Crippen MR) is 142 cm³/mol. The van der Waals surface area contributed by atoms with Crippen LogP contribution in [0.3, 0.4) is 0 Å². The molecule has 0 spiro atoms. The van der Waals surface area contributed by atoms with E-state index in [0.717, 1.165) is 36.3 Å². The molecule has 2 amide bonds. The zero-order valence-corrected chi connectivity index (χ0v) is 21.6. The Balaban J connectivity index is 1.57. The van der Waals surface area contributed by atoms with Crippen LogP contribution in [0.25, 0.3) is 0 Å². The second kappa shape index (κ2) is 13.2. The van der Waals surface area contributed by atoms with Crippen molar-refractivity contribution in [3.63, 3.8) is 0 Å². The van der Waals surface area contributed by atoms with Crippen molar-refractivity contribution < 1.29 is 19.4 Å². The third-order valence-corrected chi connectivity index (χ3v) is 7.26. The van der Waals surface area contributed by atoms with Gasteiger partial charge in [0.15, 0.2) is 6.29 Å². The van der Waals surface area contributed by atoms with E-state index in [1.165, 1.54) is 32.1 Å². The highest BCUT2D eigenvalue weighted by atomic mass is 16.7. The van der Waals surface area contributed by atoms with Gasteiger partial charge in [-0.1, -0.05) is 62.6 Å². The first-order valence-electron chi connectivity index (χ1n) is 13.4. The number of urea groups is 1. The van der Waals surface area contributed by atoms with Gasteiger partial charge >= 0.3 is 6.03 Å². The largest absolute Gasteiger partial charge is 0.392 e. The molecule has 4 atom stereocenters. The molecular weight excluding hydrogens is 454 g/mol. The molecule has 2 fully saturated rings. The third-order valence-electron chi connectivity index (χ3n) is 7.26. The van der Waals surface area contributed by atoms with Crippen LogP contribution < -0.4 is 10.6 Å². The van der Waals surface area contributed by atoms with Crippen LogP contribution in [0, 0.1) is 5.92 Å². The Hall–Kier alpha value is -2.45. The number of benzene rings is 2. The summed E-state index contributed by atoms with van der Waals surface area (Å²) in [5.74, 6) is 0.156. The Morgan fingerprint density at radius 2 is 1.72 bits per heavy atom. The molecular formula is C29H41N3O4. The van der Waals surface area contributed by atoms with Crippen molar-refractivity contribution in [2.75, 3.05) is 31.5 Å². The van der Waals surface area contributed by atoms with Crippen molar-refractivity contribution in [1.82, 2.24) is 10.2 Å². The fourth-order valence-electron chi connectivity index (χ4n) is 5.18. The van der Waals surface area contributed by atoms with Gasteiger partial charge in [0.2, 0.25) is 0 Å². The van der Waals surface area contributed by atoms with Crippen molar-refractivity contribution >= 4 is 11.7 Å². The van der Waals surface area contributed by atoms with Gasteiger partial charge in [0.1, 0.15) is 0 Å². The molecule has 3 N–H and O–H groups in total. The molecule has 0 saturated carbocycles. The second-order valence-corrected chi connectivity index (χ2v) is 10.0. The van der Waals surface area contributed by atoms with Gasteiger partial charge in [-0.25, -0.2) is 4.79 Å². The molecule has 2 aliphatic heterocycles. The number of amides is 2. The van der Waals surface area contributed by atoms with Gasteiger partial charge < -0.3 is 30.1 Å². The van der Waals surface area contributed by atoms with E-state index in [4.69, 9.17) is 9.47 Å². The van der Waals surface area contributed by atoms with Crippen LogP contribution in [0.5, 0.6) is 0 Å². The lowest BCUT2D eigenvalue weighted by atomic mass is 9.89. The van der Waals surface area contributed by atoms with Crippen LogP contribution in [-0.2, 0) is 16.1 Å². The van der Waals surface area contributed by atoms with Gasteiger partial charge in [0.25, 0.3) is 0 Å². The highest BCUT2D eigenvalue weighted by molar-refractivity contribution is 5.89. The lowest BCUT2D eigenvalue weighted by molar-refractivity contribution is -0.276. The summed E-state index contributed by atoms with van der Waals surface area (Å²) in [6.07, 6.45) is 5.73. The first-order chi connectivity index (χ1) is 17.6. The number of rotatable bonds is 7. The Bertz CT molecular complexity index is 959. The summed E-state index contributed by atoms with van der Waals surface area (Å²) < 4.78 is 13.2. The standard InChI is InChI=1S/C29H41N3O4/c1-3-30-29(34)31-25-11-9-10-24(18-25)28-35-26(19-32-16-7-5-4-6-8-17-32)21(2)27(36-28)23-14-12-22(20-33)13-15-23/h9-15,18,21,26-28,33H,3-8,16-17,19-20H2,1-2H3,(H2,30,31,34). The maximum atomic E-state index is 12.1. The van der Waals surface area contributed by atoms with Crippen molar-refractivity contribution in [2.24, 2.45) is 5.92 Å². The first kappa shape index (κ1) is 26.6. The van der Waals surface area contributed by atoms with E-state index in [2.05, 4.69) is 34.6 Å². The highest BCUT2D eigenvalue weighted by Crippen LogP contribution is 2.42. The zero-order valence-electron chi connectivity index (χ0n) is 21.6. The van der Waals surface area contributed by atoms with Crippen LogP contribution in [-0.4, -0.2) is 48.3 Å². The topological polar surface area (TPSA) is 83.1 Å². The van der Waals surface area contributed by atoms with Crippen molar-refractivity contribution in [3.8, 4) is 0 Å². The molecule has 0 aliphatic carbocycles. The molecule has 0 radical (unpaired) electrons. The number of likely N-dealkylation sites (tertiary alicyclic amines) is 1. The number of aliphatic hydroxyl groups excluding tert-OH is 1. The maximum absolute atomic E-state index is 12.1. The SMILES string of the molecule is CCNC(=O)Nc1cccc(C2OC(CN3CCCCCCC3)C(C)C(c3ccc(CO)cc3)O2)c1. The summed E-state index contributed by atoms with van der Waals surface area (Å²) >= 11 is 0. The Kier molecular flexibility index (Phi) is 9.75. The number of carbonyl (C=O) groups is 1. The van der Waals surface area contributed by atoms with E-state index >= 15 is 0 Å². The van der Waals surface area contributed by atoms with E-state index in [0.29, 0.717) is 12.2 Å². The minimum Gasteiger partial charge on any atom is -0.392 e. The molecule has 7 heteroatoms. The number of aliphatic hydroxyl groups is 1. The minimum atomic E-state index is -0.542. The van der Waals surface area contributed by atoms with E-state index in [9.17, 15) is 9.90 Å². The van der Waals surface area contributed by atoms with E-state index in [-0.39, 0.29) is 30.8 Å². The number of hydrogen-bond acceptors (Lipinski definition) is 5. The van der Waals surface area contributed by atoms with Gasteiger partial charge in [0.05, 0.1) is 18.8 Å². The lowest BCUT2D eigenvalue weighted by Gasteiger charge is -2.43. The normalized spacial score (nSPS) is 25.5. The fraction of sp³-hybridized carbons (Fsp3) is 0.552. The summed E-state index contributed by atoms with van der Waals surface area (Å²) in [7, 11) is 0. The number of nitrogens with one attached hydrogen (secondary N) is 2. The Labute approximate surface area is 215 Å². The Morgan fingerprint density at radius 3 is 2.42 bits per heavy atom. The average molecular weight is 496 g/mol. The zero-order chi connectivity index (χ0) is 25.3. The second-order valence-electron chi connectivity index (χ2n) is 10.0. The molecule has 4 rings (SSSR count). The Morgan fingerprint density at radius 1 is 1.00 bits per heavy atom. The van der Waals surface area contributed by atoms with Crippen molar-refractivity contribution in [1.29, 1.82) is 0 Å². The number of hydrogen-bond donors (Lipinski definition) is 3. The van der Waals surface area contributed by atoms with Crippen LogP contribution in [0.4, 0.5) is 10.5 Å². The van der Waals surface area contributed by atoms with Crippen LogP contribution >= 0.6 is 0 Å². The van der Waals surface area contributed by atoms with E-state index in [1.807, 2.05) is 43.3 Å². The molecule has 4 unspecified atom stereocenters. The molecule has 36 heavy (non-hydrogen) atoms. The van der Waals surface area contributed by atoms with E-state index < -0.39 is 6.29 Å². The quantitative estimate of drug-likeness (QED) is 0.481. The van der Waals surface area contributed by atoms with Gasteiger partial charge in [0, 0.05) is 30.3 Å². The monoisotopic (exact) mass is 495 g/mol. The van der Waals surface area contributed by atoms with Gasteiger partial charge in [-0.15, -0.1) is 0 Å². The number of nitrogens with zero attached hydrogens (tertiary/aromatic N) is 1. The molecule has 2 aromatic rings. The number of anilines is 1. The average Bonchev–Trinajstić information content (AvgIpc) is 2.87. The molecule has 7 nitrogen and oxygen atoms in total. The minimum absolute atomic E-state index is 0.00528. The first-order valence-corrected chi connectivity index (χ1v) is 13.4. The molecule has 0 aromatic heterocycles. The molecule has 2 saturated heterocycles. The van der Waals surface area contributed by atoms with Crippen LogP contribution in [0.1, 0.15) is 75.0 Å². The summed E-state index contributed by atoms with van der Waals surface area (Å²) in [5.41, 5.74) is 3.55. The highest BCUT2D eigenvalue weighted by Gasteiger charge is 2.39. The number of carbonyl (C=O) groups excluding carboxylic acids is 1. The molecule has 2 aromatic carbocycles. The fourth-order valence-corrected chi connectivity index (χ4v) is 5.18. The lowest BCUT2D eigenvalue weighted by Crippen LogP contribution is -2.45. The van der Waals surface area contributed by atoms with Gasteiger partial charge in [-0.3, -0.25) is 0 Å². The van der Waals surface area contributed by atoms with Crippen LogP contribution in [0.15, 0.2) is 48.5 Å². The van der Waals surface area contributed by atoms with Crippen molar-refractivity contribution in [3.05, 3.63) is 65.2 Å². The van der Waals surface area contributed by atoms with Crippen molar-refractivity contribution in [2.45, 2.75) is 71.1 Å². The number of ether oxygens (including phenoxy) is 2. The van der Waals surface area contributed by atoms with Gasteiger partial charge in [-0.05, 0) is 56.1 Å². The summed E-state index contributed by atoms with van der Waals surface area (Å²) in [6.45, 7) is 7.79. The maximum Gasteiger partial charge on any atom is 0.319 e. The smallest absolute Gasteiger partial charge is 0.319 e. The predicted octanol–water partition coefficient (Wildman–Crippen LogP) is 5.38. The molecule has 196 valence electrons. The summed E-state index contributed by atoms with van der Waals surface area (Å²) in [4.78, 5) is 14.6. The molecule has 0 bridgehead atoms. The summed E-state index contributed by atoms with van der Waals surface area (Å²) in [5, 5.41) is 15.1. The van der Waals surface area contributed by atoms with E-state index in [1.54, 1.807) is 0 Å². The van der Waals surface area contributed by atoms with Gasteiger partial charge in [-0.2, -0.15) is 0 Å². The molecule has 2 heterocycles. The third kappa shape index (κ3) is 7.07. The molecule has 2 aliphatic rings. The van der Waals surface area contributed by atoms with Crippen LogP contribution in [0.2, 0.25) is 0 Å².